The molecule has 2 heterocycles. The van der Waals surface area contributed by atoms with Gasteiger partial charge in [0.1, 0.15) is 66.5 Å². The minimum Gasteiger partial charge on any atom is -0.480 e. The van der Waals surface area contributed by atoms with E-state index in [9.17, 15) is 97.5 Å². The number of hydrogen-bond acceptors (Lipinski definition) is 19. The molecule has 14 atom stereocenters. The number of H-pyrrole nitrogens is 1. The second kappa shape index (κ2) is 48.5. The third-order valence-electron chi connectivity index (χ3n) is 18.7. The number of hydrogen-bond donors (Lipinski definition) is 19. The van der Waals surface area contributed by atoms with Crippen LogP contribution in [0.25, 0.3) is 10.9 Å². The SMILES string of the molecule is CC[C@H](C)[C@H](NC(=O)[C@H](CCC(N)=O)NC(=O)[C@@H]1CCCN1C(=O)CCCCCCCCCCCCCCC(=O)N[C@@H](CO)C(=O)N[C@H](C(=O)N[C@@H](CC(C)C)C(=O)N[C@@H](CC(N)=O)C(=O)N[C@H](CS)C(=O)O)[C@@H](C)O)C(=O)N[C@H](C(=O)N[C@@H](CC(C)C)C(=O)N[C@@H](Cc1c[nH]c2ccccc12)C(=O)O)[C@@H](C)O. The number of carbonyl (C=O) groups excluding carboxylic acids is 13. The number of para-hydroxylation sites is 1. The molecule has 0 saturated carbocycles. The van der Waals surface area contributed by atoms with Gasteiger partial charge in [0.25, 0.3) is 0 Å². The van der Waals surface area contributed by atoms with Crippen LogP contribution in [-0.4, -0.2) is 222 Å². The second-order valence-corrected chi connectivity index (χ2v) is 29.2. The number of thiol groups is 1. The van der Waals surface area contributed by atoms with Gasteiger partial charge in [0.2, 0.25) is 76.8 Å². The summed E-state index contributed by atoms with van der Waals surface area (Å²) in [4.78, 5) is 202. The summed E-state index contributed by atoms with van der Waals surface area (Å²) in [5.41, 5.74) is 12.2. The molecule has 20 N–H and O–H groups in total. The van der Waals surface area contributed by atoms with E-state index in [0.717, 1.165) is 68.7 Å². The number of amides is 13. The summed E-state index contributed by atoms with van der Waals surface area (Å²) in [6, 6.07) is -8.51. The fourth-order valence-electron chi connectivity index (χ4n) is 12.4. The number of benzene rings is 1. The Kier molecular flexibility index (Phi) is 41.8. The quantitative estimate of drug-likeness (QED) is 0.0309. The normalized spacial score (nSPS) is 16.4. The van der Waals surface area contributed by atoms with E-state index in [1.165, 1.54) is 18.7 Å². The molecule has 0 spiro atoms. The van der Waals surface area contributed by atoms with Gasteiger partial charge in [-0.25, -0.2) is 9.59 Å². The van der Waals surface area contributed by atoms with Crippen molar-refractivity contribution in [2.45, 2.75) is 282 Å². The van der Waals surface area contributed by atoms with Crippen LogP contribution in [0.1, 0.15) is 202 Å². The molecule has 3 rings (SSSR count). The van der Waals surface area contributed by atoms with Crippen LogP contribution < -0.4 is 64.6 Å². The number of likely N-dealkylation sites (tertiary alicyclic amines) is 1. The number of aliphatic carboxylic acids is 2. The van der Waals surface area contributed by atoms with Crippen LogP contribution in [0.5, 0.6) is 0 Å². The maximum Gasteiger partial charge on any atom is 0.327 e. The van der Waals surface area contributed by atoms with Crippen LogP contribution in [-0.2, 0) is 78.3 Å². The molecule has 1 fully saturated rings. The molecular weight excluding hydrogens is 1420 g/mol. The lowest BCUT2D eigenvalue weighted by Gasteiger charge is -2.30. The summed E-state index contributed by atoms with van der Waals surface area (Å²) in [6.45, 7) is 12.3. The predicted octanol–water partition coefficient (Wildman–Crippen LogP) is 0.143. The van der Waals surface area contributed by atoms with E-state index in [-0.39, 0.29) is 68.4 Å². The number of nitrogens with zero attached hydrogens (tertiary/aromatic N) is 1. The third-order valence-corrected chi connectivity index (χ3v) is 19.1. The molecule has 0 aliphatic carbocycles. The number of aromatic amines is 1. The number of rotatable bonds is 53. The fourth-order valence-corrected chi connectivity index (χ4v) is 12.7. The van der Waals surface area contributed by atoms with Crippen LogP contribution in [0, 0.1) is 17.8 Å². The lowest BCUT2D eigenvalue weighted by molar-refractivity contribution is -0.142. The Balaban J connectivity index is 1.44. The van der Waals surface area contributed by atoms with Crippen molar-refractivity contribution >= 4 is 112 Å². The molecule has 0 unspecified atom stereocenters. The zero-order valence-corrected chi connectivity index (χ0v) is 64.3. The van der Waals surface area contributed by atoms with Crippen LogP contribution in [0.4, 0.5) is 0 Å². The highest BCUT2D eigenvalue weighted by molar-refractivity contribution is 7.80. The van der Waals surface area contributed by atoms with E-state index in [2.05, 4.69) is 70.8 Å². The van der Waals surface area contributed by atoms with Crippen molar-refractivity contribution in [1.82, 2.24) is 63.1 Å². The Hall–Kier alpha value is -8.96. The number of fused-ring (bicyclic) bond motifs is 1. The first-order chi connectivity index (χ1) is 51.0. The monoisotopic (exact) mass is 1540 g/mol. The Labute approximate surface area is 636 Å². The van der Waals surface area contributed by atoms with Gasteiger partial charge in [-0.2, -0.15) is 12.6 Å². The first-order valence-electron chi connectivity index (χ1n) is 37.5. The van der Waals surface area contributed by atoms with Crippen molar-refractivity contribution in [3.05, 3.63) is 36.0 Å². The molecule has 606 valence electrons. The largest absolute Gasteiger partial charge is 0.480 e. The molecule has 1 aromatic heterocycles. The van der Waals surface area contributed by atoms with Crippen molar-refractivity contribution in [3.63, 3.8) is 0 Å². The summed E-state index contributed by atoms with van der Waals surface area (Å²) >= 11 is 3.89. The fraction of sp³-hybridized carbons (Fsp3) is 0.685. The number of carboxylic acids is 2. The van der Waals surface area contributed by atoms with Gasteiger partial charge in [-0.3, -0.25) is 62.3 Å². The van der Waals surface area contributed by atoms with E-state index >= 15 is 0 Å². The van der Waals surface area contributed by atoms with Gasteiger partial charge in [0, 0.05) is 55.1 Å². The van der Waals surface area contributed by atoms with Gasteiger partial charge in [0.05, 0.1) is 25.2 Å². The van der Waals surface area contributed by atoms with Crippen molar-refractivity contribution in [3.8, 4) is 0 Å². The zero-order valence-electron chi connectivity index (χ0n) is 63.4. The van der Waals surface area contributed by atoms with Crippen molar-refractivity contribution in [2.75, 3.05) is 18.9 Å². The van der Waals surface area contributed by atoms with Crippen LogP contribution in [0.2, 0.25) is 0 Å². The van der Waals surface area contributed by atoms with Gasteiger partial charge in [-0.15, -0.1) is 0 Å². The number of carboxylic acid groups (broad SMARTS) is 2. The minimum absolute atomic E-state index is 0.0343. The Bertz CT molecular complexity index is 3330. The van der Waals surface area contributed by atoms with Crippen molar-refractivity contribution in [2.24, 2.45) is 29.2 Å². The number of primary amides is 2. The number of nitrogens with one attached hydrogen (secondary N) is 11. The van der Waals surface area contributed by atoms with Gasteiger partial charge in [-0.1, -0.05) is 130 Å². The number of nitrogens with two attached hydrogens (primary N) is 2. The average Bonchev–Trinajstić information content (AvgIpc) is 1.66. The van der Waals surface area contributed by atoms with Gasteiger partial charge in [-0.05, 0) is 88.2 Å². The maximum atomic E-state index is 14.2. The van der Waals surface area contributed by atoms with Crippen molar-refractivity contribution < 1.29 is 97.5 Å². The standard InChI is InChI=1S/C73H118N14O20S/c1-9-42(6)60(69(101)86-62(44(8)90)71(103)81-50(34-41(4)5)65(97)82-52(72(104)105)35-45-37-76-47-26-23-22-25-46(45)47)84-63(95)48(30-31-56(74)91)78-68(100)55-27-24-32-87(55)59(94)29-21-19-17-15-13-11-10-12-14-16-18-20-28-58(93)77-53(38-88)67(99)85-61(43(7)89)70(102)80-49(33-40(2)3)64(96)79-51(36-57(75)92)66(98)83-54(39-108)73(106)107/h22-23,25-26,37,40-44,48-55,60-62,76,88-90,108H,9-21,24,27-36,38-39H2,1-8H3,(H2,74,91)(H2,75,92)(H,77,93)(H,78,100)(H,79,96)(H,80,102)(H,81,103)(H,82,97)(H,83,98)(H,84,95)(H,85,99)(H,86,101)(H,104,105)(H,106,107)/t42-,43+,44+,48-,49-,50-,51-,52-,53-,54+,55-,60-,61-,62-/m0/s1. The summed E-state index contributed by atoms with van der Waals surface area (Å²) in [5.74, 6) is -14.9. The summed E-state index contributed by atoms with van der Waals surface area (Å²) in [7, 11) is 0. The molecule has 1 saturated heterocycles. The first-order valence-corrected chi connectivity index (χ1v) is 38.1. The first kappa shape index (κ1) is 93.2. The van der Waals surface area contributed by atoms with Crippen LogP contribution in [0.3, 0.4) is 0 Å². The predicted molar refractivity (Wildman–Crippen MR) is 401 cm³/mol. The number of carbonyl (C=O) groups is 15. The smallest absolute Gasteiger partial charge is 0.327 e. The molecule has 34 nitrogen and oxygen atoms in total. The summed E-state index contributed by atoms with van der Waals surface area (Å²) in [5, 5.41) is 76.3. The summed E-state index contributed by atoms with van der Waals surface area (Å²) in [6.07, 6.45) is 8.67. The van der Waals surface area contributed by atoms with Gasteiger partial charge in [0.15, 0.2) is 0 Å². The highest BCUT2D eigenvalue weighted by atomic mass is 32.1. The molecule has 0 bridgehead atoms. The van der Waals surface area contributed by atoms with E-state index in [1.807, 2.05) is 18.2 Å². The zero-order chi connectivity index (χ0) is 80.9. The molecular formula is C73H118N14O20S. The van der Waals surface area contributed by atoms with Gasteiger partial charge >= 0.3 is 11.9 Å². The van der Waals surface area contributed by atoms with Gasteiger partial charge < -0.3 is 100 Å². The highest BCUT2D eigenvalue weighted by Crippen LogP contribution is 2.23. The molecule has 1 aliphatic rings. The molecule has 1 aromatic carbocycles. The molecule has 2 aromatic rings. The molecule has 108 heavy (non-hydrogen) atoms. The molecule has 13 amide bonds. The number of aliphatic hydroxyl groups is 3. The van der Waals surface area contributed by atoms with Crippen LogP contribution in [0.15, 0.2) is 30.5 Å². The Morgan fingerprint density at radius 3 is 1.44 bits per heavy atom. The maximum absolute atomic E-state index is 14.2. The minimum atomic E-state index is -1.70. The average molecular weight is 1540 g/mol. The number of aromatic nitrogens is 1. The van der Waals surface area contributed by atoms with E-state index in [1.54, 1.807) is 53.8 Å². The third kappa shape index (κ3) is 32.9. The molecule has 1 aliphatic heterocycles. The lowest BCUT2D eigenvalue weighted by atomic mass is 9.96. The number of aliphatic hydroxyl groups excluding tert-OH is 3. The van der Waals surface area contributed by atoms with Crippen LogP contribution >= 0.6 is 12.6 Å². The Morgan fingerprint density at radius 2 is 0.963 bits per heavy atom. The highest BCUT2D eigenvalue weighted by Gasteiger charge is 2.40. The lowest BCUT2D eigenvalue weighted by Crippen LogP contribution is -2.62. The molecule has 35 heteroatoms. The van der Waals surface area contributed by atoms with E-state index < -0.39 is 180 Å². The number of unbranched alkanes of at least 4 members (excludes halogenated alkanes) is 11. The summed E-state index contributed by atoms with van der Waals surface area (Å²) < 4.78 is 0. The van der Waals surface area contributed by atoms with Crippen molar-refractivity contribution in [1.29, 1.82) is 0 Å². The van der Waals surface area contributed by atoms with E-state index in [4.69, 9.17) is 11.5 Å². The van der Waals surface area contributed by atoms with E-state index in [0.29, 0.717) is 50.6 Å². The Morgan fingerprint density at radius 1 is 0.519 bits per heavy atom. The topological polar surface area (TPSA) is 549 Å². The second-order valence-electron chi connectivity index (χ2n) is 28.8. The molecule has 0 radical (unpaired) electrons.